The van der Waals surface area contributed by atoms with Crippen LogP contribution >= 0.6 is 31.9 Å². The standard InChI is InChI=1S/C16H22Br2N2O2/c1-4-6-7-13(5-2)19-20-15(21)10-22-16-11(3)8-12(17)9-14(16)18/h8-9H,4-7,10H2,1-3H3,(H,20,21)/b19-13+. The summed E-state index contributed by atoms with van der Waals surface area (Å²) in [6, 6.07) is 3.83. The summed E-state index contributed by atoms with van der Waals surface area (Å²) < 4.78 is 7.36. The van der Waals surface area contributed by atoms with E-state index in [-0.39, 0.29) is 12.5 Å². The van der Waals surface area contributed by atoms with Crippen LogP contribution in [0.15, 0.2) is 26.2 Å². The number of ether oxygens (including phenoxy) is 1. The van der Waals surface area contributed by atoms with Gasteiger partial charge < -0.3 is 4.74 Å². The number of nitrogens with one attached hydrogen (secondary N) is 1. The first kappa shape index (κ1) is 19.2. The molecule has 1 aromatic carbocycles. The van der Waals surface area contributed by atoms with Crippen molar-refractivity contribution in [2.24, 2.45) is 5.10 Å². The number of benzene rings is 1. The first-order chi connectivity index (χ1) is 10.5. The van der Waals surface area contributed by atoms with Crippen LogP contribution in [-0.4, -0.2) is 18.2 Å². The average molecular weight is 434 g/mol. The maximum Gasteiger partial charge on any atom is 0.277 e. The monoisotopic (exact) mass is 432 g/mol. The van der Waals surface area contributed by atoms with Gasteiger partial charge in [-0.3, -0.25) is 4.79 Å². The lowest BCUT2D eigenvalue weighted by Gasteiger charge is -2.11. The number of nitrogens with zero attached hydrogens (tertiary/aromatic N) is 1. The number of amides is 1. The fourth-order valence-electron chi connectivity index (χ4n) is 1.88. The highest BCUT2D eigenvalue weighted by Crippen LogP contribution is 2.32. The Morgan fingerprint density at radius 3 is 2.64 bits per heavy atom. The molecule has 4 nitrogen and oxygen atoms in total. The van der Waals surface area contributed by atoms with E-state index in [9.17, 15) is 4.79 Å². The second-order valence-corrected chi connectivity index (χ2v) is 6.76. The molecule has 0 saturated heterocycles. The molecule has 1 aromatic rings. The van der Waals surface area contributed by atoms with E-state index in [0.29, 0.717) is 5.75 Å². The Labute approximate surface area is 149 Å². The molecule has 0 fully saturated rings. The molecule has 0 aliphatic carbocycles. The second kappa shape index (κ2) is 10.0. The van der Waals surface area contributed by atoms with Crippen LogP contribution in [0.3, 0.4) is 0 Å². The normalized spacial score (nSPS) is 11.4. The molecule has 0 atom stereocenters. The number of carbonyl (C=O) groups excluding carboxylic acids is 1. The summed E-state index contributed by atoms with van der Waals surface area (Å²) in [5.41, 5.74) is 4.53. The predicted molar refractivity (Wildman–Crippen MR) is 97.5 cm³/mol. The highest BCUT2D eigenvalue weighted by atomic mass is 79.9. The highest BCUT2D eigenvalue weighted by molar-refractivity contribution is 9.11. The van der Waals surface area contributed by atoms with Crippen LogP contribution in [0, 0.1) is 6.92 Å². The zero-order valence-corrected chi connectivity index (χ0v) is 16.4. The summed E-state index contributed by atoms with van der Waals surface area (Å²) in [6.07, 6.45) is 3.97. The summed E-state index contributed by atoms with van der Waals surface area (Å²) in [5.74, 6) is 0.417. The molecule has 1 N–H and O–H groups in total. The molecule has 122 valence electrons. The molecule has 0 radical (unpaired) electrons. The summed E-state index contributed by atoms with van der Waals surface area (Å²) >= 11 is 6.85. The van der Waals surface area contributed by atoms with Gasteiger partial charge in [-0.05, 0) is 59.8 Å². The average Bonchev–Trinajstić information content (AvgIpc) is 2.46. The van der Waals surface area contributed by atoms with E-state index in [1.807, 2.05) is 26.0 Å². The van der Waals surface area contributed by atoms with Gasteiger partial charge in [-0.25, -0.2) is 5.43 Å². The van der Waals surface area contributed by atoms with Crippen LogP contribution in [-0.2, 0) is 4.79 Å². The van der Waals surface area contributed by atoms with E-state index in [2.05, 4.69) is 49.3 Å². The first-order valence-corrected chi connectivity index (χ1v) is 8.99. The van der Waals surface area contributed by atoms with E-state index in [4.69, 9.17) is 4.74 Å². The smallest absolute Gasteiger partial charge is 0.277 e. The zero-order chi connectivity index (χ0) is 16.5. The van der Waals surface area contributed by atoms with Gasteiger partial charge in [0.2, 0.25) is 0 Å². The number of rotatable bonds is 8. The van der Waals surface area contributed by atoms with Gasteiger partial charge in [0.25, 0.3) is 5.91 Å². The van der Waals surface area contributed by atoms with Crippen molar-refractivity contribution in [1.29, 1.82) is 0 Å². The number of carbonyl (C=O) groups is 1. The van der Waals surface area contributed by atoms with Crippen molar-refractivity contribution in [1.82, 2.24) is 5.43 Å². The Morgan fingerprint density at radius 2 is 2.05 bits per heavy atom. The van der Waals surface area contributed by atoms with Crippen molar-refractivity contribution in [2.45, 2.75) is 46.5 Å². The molecule has 0 spiro atoms. The molecule has 0 aromatic heterocycles. The molecule has 0 aliphatic rings. The molecular formula is C16H22Br2N2O2. The van der Waals surface area contributed by atoms with Crippen LogP contribution in [0.1, 0.15) is 45.1 Å². The van der Waals surface area contributed by atoms with E-state index >= 15 is 0 Å². The van der Waals surface area contributed by atoms with Gasteiger partial charge in [0.05, 0.1) is 4.47 Å². The van der Waals surface area contributed by atoms with Gasteiger partial charge >= 0.3 is 0 Å². The van der Waals surface area contributed by atoms with Crippen molar-refractivity contribution in [2.75, 3.05) is 6.61 Å². The largest absolute Gasteiger partial charge is 0.482 e. The van der Waals surface area contributed by atoms with Crippen molar-refractivity contribution in [3.8, 4) is 5.75 Å². The summed E-state index contributed by atoms with van der Waals surface area (Å²) in [4.78, 5) is 11.8. The molecule has 0 aliphatic heterocycles. The number of aryl methyl sites for hydroxylation is 1. The van der Waals surface area contributed by atoms with Crippen molar-refractivity contribution in [3.05, 3.63) is 26.6 Å². The molecule has 0 unspecified atom stereocenters. The van der Waals surface area contributed by atoms with Crippen molar-refractivity contribution < 1.29 is 9.53 Å². The third-order valence-corrected chi connectivity index (χ3v) is 4.15. The van der Waals surface area contributed by atoms with E-state index in [1.165, 1.54) is 0 Å². The van der Waals surface area contributed by atoms with Crippen LogP contribution in [0.25, 0.3) is 0 Å². The molecule has 6 heteroatoms. The molecule has 0 bridgehead atoms. The summed E-state index contributed by atoms with van der Waals surface area (Å²) in [6.45, 7) is 6.05. The lowest BCUT2D eigenvalue weighted by atomic mass is 10.1. The maximum atomic E-state index is 11.8. The van der Waals surface area contributed by atoms with Gasteiger partial charge in [-0.2, -0.15) is 5.10 Å². The number of hydrazone groups is 1. The van der Waals surface area contributed by atoms with Gasteiger partial charge in [-0.1, -0.05) is 36.2 Å². The fourth-order valence-corrected chi connectivity index (χ4v) is 3.43. The topological polar surface area (TPSA) is 50.7 Å². The Hall–Kier alpha value is -0.880. The third-order valence-electron chi connectivity index (χ3n) is 3.11. The van der Waals surface area contributed by atoms with Crippen LogP contribution < -0.4 is 10.2 Å². The highest BCUT2D eigenvalue weighted by Gasteiger charge is 2.09. The first-order valence-electron chi connectivity index (χ1n) is 7.40. The minimum Gasteiger partial charge on any atom is -0.482 e. The van der Waals surface area contributed by atoms with Crippen molar-refractivity contribution in [3.63, 3.8) is 0 Å². The van der Waals surface area contributed by atoms with E-state index < -0.39 is 0 Å². The summed E-state index contributed by atoms with van der Waals surface area (Å²) in [5, 5.41) is 4.17. The lowest BCUT2D eigenvalue weighted by molar-refractivity contribution is -0.123. The van der Waals surface area contributed by atoms with E-state index in [1.54, 1.807) is 0 Å². The van der Waals surface area contributed by atoms with Crippen molar-refractivity contribution >= 4 is 43.5 Å². The molecular weight excluding hydrogens is 412 g/mol. The molecule has 1 rings (SSSR count). The molecule has 0 heterocycles. The van der Waals surface area contributed by atoms with Gasteiger partial charge in [0, 0.05) is 10.2 Å². The fraction of sp³-hybridized carbons (Fsp3) is 0.500. The number of unbranched alkanes of at least 4 members (excludes halogenated alkanes) is 1. The number of hydrogen-bond donors (Lipinski definition) is 1. The minimum absolute atomic E-state index is 0.0602. The Bertz CT molecular complexity index is 522. The molecule has 0 saturated carbocycles. The maximum absolute atomic E-state index is 11.8. The Balaban J connectivity index is 2.55. The van der Waals surface area contributed by atoms with Crippen LogP contribution in [0.5, 0.6) is 5.75 Å². The van der Waals surface area contributed by atoms with Crippen LogP contribution in [0.2, 0.25) is 0 Å². The Morgan fingerprint density at radius 1 is 1.32 bits per heavy atom. The van der Waals surface area contributed by atoms with Crippen LogP contribution in [0.4, 0.5) is 0 Å². The lowest BCUT2D eigenvalue weighted by Crippen LogP contribution is -2.26. The predicted octanol–water partition coefficient (Wildman–Crippen LogP) is 4.97. The SMILES string of the molecule is CCCC/C(CC)=N/NC(=O)COc1c(C)cc(Br)cc1Br. The van der Waals surface area contributed by atoms with Gasteiger partial charge in [0.15, 0.2) is 6.61 Å². The summed E-state index contributed by atoms with van der Waals surface area (Å²) in [7, 11) is 0. The third kappa shape index (κ3) is 6.48. The zero-order valence-electron chi connectivity index (χ0n) is 13.2. The second-order valence-electron chi connectivity index (χ2n) is 4.99. The van der Waals surface area contributed by atoms with Gasteiger partial charge in [0.1, 0.15) is 5.75 Å². The molecule has 1 amide bonds. The van der Waals surface area contributed by atoms with Gasteiger partial charge in [-0.15, -0.1) is 0 Å². The Kier molecular flexibility index (Phi) is 8.71. The van der Waals surface area contributed by atoms with E-state index in [0.717, 1.165) is 45.9 Å². The molecule has 22 heavy (non-hydrogen) atoms. The number of hydrogen-bond acceptors (Lipinski definition) is 3. The quantitative estimate of drug-likeness (QED) is 0.464. The minimum atomic E-state index is -0.253. The number of halogens is 2.